The molecule has 0 heterocycles. The van der Waals surface area contributed by atoms with Gasteiger partial charge in [0.05, 0.1) is 7.11 Å². The Kier molecular flexibility index (Phi) is 4.06. The molecule has 0 aromatic heterocycles. The average Bonchev–Trinajstić information content (AvgIpc) is 2.77. The van der Waals surface area contributed by atoms with Gasteiger partial charge in [-0.25, -0.2) is 0 Å². The lowest BCUT2D eigenvalue weighted by Crippen LogP contribution is -2.29. The summed E-state index contributed by atoms with van der Waals surface area (Å²) in [5.74, 6) is 0.927. The molecule has 2 rings (SSSR count). The Labute approximate surface area is 104 Å². The molecule has 0 amide bonds. The zero-order valence-corrected chi connectivity index (χ0v) is 11.0. The van der Waals surface area contributed by atoms with E-state index in [-0.39, 0.29) is 0 Å². The van der Waals surface area contributed by atoms with Gasteiger partial charge in [-0.15, -0.1) is 0 Å². The number of benzene rings is 1. The molecule has 1 saturated carbocycles. The van der Waals surface area contributed by atoms with E-state index in [4.69, 9.17) is 4.74 Å². The topological polar surface area (TPSA) is 21.3 Å². The van der Waals surface area contributed by atoms with Crippen molar-refractivity contribution in [1.82, 2.24) is 5.32 Å². The van der Waals surface area contributed by atoms with Crippen molar-refractivity contribution in [2.75, 3.05) is 13.7 Å². The minimum Gasteiger partial charge on any atom is -0.497 e. The van der Waals surface area contributed by atoms with E-state index >= 15 is 0 Å². The number of nitrogens with one attached hydrogen (secondary N) is 1. The zero-order valence-electron chi connectivity index (χ0n) is 11.0. The molecule has 1 aliphatic rings. The SMILES string of the molecule is COc1ccc(CNCC2(C)CCCC2)cc1. The third-order valence-corrected chi connectivity index (χ3v) is 3.85. The number of methoxy groups -OCH3 is 1. The second kappa shape index (κ2) is 5.54. The number of hydrogen-bond acceptors (Lipinski definition) is 2. The molecular formula is C15H23NO. The fourth-order valence-electron chi connectivity index (χ4n) is 2.66. The van der Waals surface area contributed by atoms with E-state index in [0.717, 1.165) is 18.8 Å². The van der Waals surface area contributed by atoms with Crippen LogP contribution in [0.15, 0.2) is 24.3 Å². The van der Waals surface area contributed by atoms with Gasteiger partial charge < -0.3 is 10.1 Å². The molecule has 0 saturated heterocycles. The molecule has 0 unspecified atom stereocenters. The maximum Gasteiger partial charge on any atom is 0.118 e. The third-order valence-electron chi connectivity index (χ3n) is 3.85. The van der Waals surface area contributed by atoms with Crippen LogP contribution in [-0.2, 0) is 6.54 Å². The normalized spacial score (nSPS) is 18.2. The summed E-state index contributed by atoms with van der Waals surface area (Å²) in [5.41, 5.74) is 1.86. The summed E-state index contributed by atoms with van der Waals surface area (Å²) < 4.78 is 5.15. The van der Waals surface area contributed by atoms with Crippen LogP contribution in [0.25, 0.3) is 0 Å². The molecule has 2 heteroatoms. The highest BCUT2D eigenvalue weighted by Gasteiger charge is 2.27. The molecule has 1 aromatic rings. The average molecular weight is 233 g/mol. The molecule has 0 bridgehead atoms. The smallest absolute Gasteiger partial charge is 0.118 e. The molecule has 0 aliphatic heterocycles. The number of ether oxygens (including phenoxy) is 1. The Morgan fingerprint density at radius 3 is 2.41 bits per heavy atom. The van der Waals surface area contributed by atoms with Gasteiger partial charge in [-0.05, 0) is 36.0 Å². The second-order valence-electron chi connectivity index (χ2n) is 5.47. The van der Waals surface area contributed by atoms with Crippen LogP contribution < -0.4 is 10.1 Å². The third kappa shape index (κ3) is 3.47. The first kappa shape index (κ1) is 12.4. The molecule has 1 aliphatic carbocycles. The van der Waals surface area contributed by atoms with E-state index in [0.29, 0.717) is 5.41 Å². The molecule has 1 N–H and O–H groups in total. The van der Waals surface area contributed by atoms with Crippen molar-refractivity contribution >= 4 is 0 Å². The first-order valence-electron chi connectivity index (χ1n) is 6.56. The van der Waals surface area contributed by atoms with Crippen molar-refractivity contribution in [1.29, 1.82) is 0 Å². The molecule has 2 nitrogen and oxygen atoms in total. The fourth-order valence-corrected chi connectivity index (χ4v) is 2.66. The van der Waals surface area contributed by atoms with Crippen LogP contribution in [0.3, 0.4) is 0 Å². The standard InChI is InChI=1S/C15H23NO/c1-15(9-3-4-10-15)12-16-11-13-5-7-14(17-2)8-6-13/h5-8,16H,3-4,9-12H2,1-2H3. The van der Waals surface area contributed by atoms with E-state index in [9.17, 15) is 0 Å². The van der Waals surface area contributed by atoms with Gasteiger partial charge in [0.25, 0.3) is 0 Å². The van der Waals surface area contributed by atoms with Crippen LogP contribution in [0.4, 0.5) is 0 Å². The Morgan fingerprint density at radius 2 is 1.82 bits per heavy atom. The van der Waals surface area contributed by atoms with Crippen molar-refractivity contribution in [3.8, 4) is 5.75 Å². The van der Waals surface area contributed by atoms with Gasteiger partial charge in [-0.2, -0.15) is 0 Å². The quantitative estimate of drug-likeness (QED) is 0.842. The fraction of sp³-hybridized carbons (Fsp3) is 0.600. The molecule has 0 atom stereocenters. The molecule has 1 fully saturated rings. The van der Waals surface area contributed by atoms with Crippen LogP contribution in [0, 0.1) is 5.41 Å². The Bertz CT molecular complexity index is 338. The van der Waals surface area contributed by atoms with Gasteiger partial charge in [-0.3, -0.25) is 0 Å². The Morgan fingerprint density at radius 1 is 1.18 bits per heavy atom. The van der Waals surface area contributed by atoms with Crippen molar-refractivity contribution in [3.63, 3.8) is 0 Å². The predicted molar refractivity (Wildman–Crippen MR) is 71.3 cm³/mol. The number of rotatable bonds is 5. The van der Waals surface area contributed by atoms with Crippen LogP contribution >= 0.6 is 0 Å². The van der Waals surface area contributed by atoms with Gasteiger partial charge >= 0.3 is 0 Å². The minimum atomic E-state index is 0.534. The second-order valence-corrected chi connectivity index (χ2v) is 5.47. The molecule has 1 aromatic carbocycles. The van der Waals surface area contributed by atoms with Gasteiger partial charge in [0.15, 0.2) is 0 Å². The van der Waals surface area contributed by atoms with Gasteiger partial charge in [0, 0.05) is 13.1 Å². The van der Waals surface area contributed by atoms with E-state index in [2.05, 4.69) is 24.4 Å². The highest BCUT2D eigenvalue weighted by atomic mass is 16.5. The van der Waals surface area contributed by atoms with Crippen molar-refractivity contribution in [2.45, 2.75) is 39.2 Å². The summed E-state index contributed by atoms with van der Waals surface area (Å²) in [6, 6.07) is 8.30. The number of hydrogen-bond donors (Lipinski definition) is 1. The summed E-state index contributed by atoms with van der Waals surface area (Å²) in [4.78, 5) is 0. The van der Waals surface area contributed by atoms with Crippen LogP contribution in [0.2, 0.25) is 0 Å². The summed E-state index contributed by atoms with van der Waals surface area (Å²) in [6.07, 6.45) is 5.56. The Balaban J connectivity index is 1.77. The van der Waals surface area contributed by atoms with E-state index in [1.54, 1.807) is 7.11 Å². The largest absolute Gasteiger partial charge is 0.497 e. The first-order valence-corrected chi connectivity index (χ1v) is 6.56. The lowest BCUT2D eigenvalue weighted by molar-refractivity contribution is 0.314. The molecular weight excluding hydrogens is 210 g/mol. The van der Waals surface area contributed by atoms with Crippen LogP contribution in [0.5, 0.6) is 5.75 Å². The Hall–Kier alpha value is -1.02. The maximum absolute atomic E-state index is 5.15. The van der Waals surface area contributed by atoms with E-state index < -0.39 is 0 Å². The highest BCUT2D eigenvalue weighted by molar-refractivity contribution is 5.26. The van der Waals surface area contributed by atoms with Gasteiger partial charge in [0.2, 0.25) is 0 Å². The summed E-state index contributed by atoms with van der Waals surface area (Å²) in [6.45, 7) is 4.50. The highest BCUT2D eigenvalue weighted by Crippen LogP contribution is 2.36. The van der Waals surface area contributed by atoms with Crippen molar-refractivity contribution in [2.24, 2.45) is 5.41 Å². The predicted octanol–water partition coefficient (Wildman–Crippen LogP) is 3.37. The van der Waals surface area contributed by atoms with Crippen LogP contribution in [-0.4, -0.2) is 13.7 Å². The summed E-state index contributed by atoms with van der Waals surface area (Å²) in [7, 11) is 1.70. The van der Waals surface area contributed by atoms with E-state index in [1.807, 2.05) is 12.1 Å². The lowest BCUT2D eigenvalue weighted by Gasteiger charge is -2.23. The van der Waals surface area contributed by atoms with Gasteiger partial charge in [-0.1, -0.05) is 31.9 Å². The summed E-state index contributed by atoms with van der Waals surface area (Å²) in [5, 5.41) is 3.58. The summed E-state index contributed by atoms with van der Waals surface area (Å²) >= 11 is 0. The molecule has 17 heavy (non-hydrogen) atoms. The van der Waals surface area contributed by atoms with E-state index in [1.165, 1.54) is 31.2 Å². The van der Waals surface area contributed by atoms with Crippen molar-refractivity contribution < 1.29 is 4.74 Å². The molecule has 0 spiro atoms. The monoisotopic (exact) mass is 233 g/mol. The zero-order chi connectivity index (χ0) is 12.1. The molecule has 94 valence electrons. The maximum atomic E-state index is 5.15. The molecule has 0 radical (unpaired) electrons. The van der Waals surface area contributed by atoms with Crippen LogP contribution in [0.1, 0.15) is 38.2 Å². The van der Waals surface area contributed by atoms with Crippen molar-refractivity contribution in [3.05, 3.63) is 29.8 Å². The minimum absolute atomic E-state index is 0.534. The first-order chi connectivity index (χ1) is 8.22. The van der Waals surface area contributed by atoms with Gasteiger partial charge in [0.1, 0.15) is 5.75 Å². The lowest BCUT2D eigenvalue weighted by atomic mass is 9.89.